The molecule has 0 atom stereocenters. The maximum atomic E-state index is 12.9. The van der Waals surface area contributed by atoms with Crippen LogP contribution in [0, 0.1) is 0 Å². The molecule has 1 heterocycles. The maximum Gasteiger partial charge on any atom is 0.354 e. The SMILES string of the molecule is CCOC(=O)c1cc(S(=O)(=O)N(CC)Cc2ccccc2)cn1C. The molecule has 130 valence electrons. The number of carbonyl (C=O) groups excluding carboxylic acids is 1. The number of esters is 1. The Bertz CT molecular complexity index is 797. The smallest absolute Gasteiger partial charge is 0.354 e. The Balaban J connectivity index is 2.31. The Kier molecular flexibility index (Phi) is 5.80. The van der Waals surface area contributed by atoms with Gasteiger partial charge >= 0.3 is 5.97 Å². The van der Waals surface area contributed by atoms with Crippen molar-refractivity contribution in [3.05, 3.63) is 53.9 Å². The predicted molar refractivity (Wildman–Crippen MR) is 91.1 cm³/mol. The first kappa shape index (κ1) is 18.2. The number of hydrogen-bond acceptors (Lipinski definition) is 4. The van der Waals surface area contributed by atoms with E-state index in [0.29, 0.717) is 6.54 Å². The van der Waals surface area contributed by atoms with E-state index in [-0.39, 0.29) is 23.7 Å². The second-order valence-corrected chi connectivity index (χ2v) is 7.25. The van der Waals surface area contributed by atoms with Gasteiger partial charge in [-0.25, -0.2) is 13.2 Å². The predicted octanol–water partition coefficient (Wildman–Crippen LogP) is 2.41. The fraction of sp³-hybridized carbons (Fsp3) is 0.353. The third kappa shape index (κ3) is 3.85. The summed E-state index contributed by atoms with van der Waals surface area (Å²) in [5.74, 6) is -0.535. The number of aryl methyl sites for hydroxylation is 1. The van der Waals surface area contributed by atoms with Crippen molar-refractivity contribution in [1.29, 1.82) is 0 Å². The van der Waals surface area contributed by atoms with Crippen molar-refractivity contribution in [1.82, 2.24) is 8.87 Å². The molecule has 0 fully saturated rings. The van der Waals surface area contributed by atoms with Crippen molar-refractivity contribution in [2.24, 2.45) is 7.05 Å². The van der Waals surface area contributed by atoms with Crippen LogP contribution in [-0.2, 0) is 28.4 Å². The lowest BCUT2D eigenvalue weighted by molar-refractivity contribution is 0.0515. The molecule has 1 aromatic heterocycles. The fourth-order valence-electron chi connectivity index (χ4n) is 2.39. The van der Waals surface area contributed by atoms with Gasteiger partial charge in [0.2, 0.25) is 10.0 Å². The molecule has 24 heavy (non-hydrogen) atoms. The molecule has 0 aliphatic rings. The largest absolute Gasteiger partial charge is 0.461 e. The molecule has 0 aliphatic carbocycles. The lowest BCUT2D eigenvalue weighted by Crippen LogP contribution is -2.30. The summed E-state index contributed by atoms with van der Waals surface area (Å²) in [7, 11) is -2.07. The normalized spacial score (nSPS) is 11.7. The van der Waals surface area contributed by atoms with E-state index in [1.165, 1.54) is 21.1 Å². The van der Waals surface area contributed by atoms with Gasteiger partial charge in [-0.1, -0.05) is 37.3 Å². The number of sulfonamides is 1. The van der Waals surface area contributed by atoms with Crippen LogP contribution in [0.4, 0.5) is 0 Å². The third-order valence-electron chi connectivity index (χ3n) is 3.66. The van der Waals surface area contributed by atoms with Gasteiger partial charge in [-0.3, -0.25) is 0 Å². The first-order valence-electron chi connectivity index (χ1n) is 7.77. The third-order valence-corrected chi connectivity index (χ3v) is 5.54. The second-order valence-electron chi connectivity index (χ2n) is 5.31. The van der Waals surface area contributed by atoms with E-state index in [0.717, 1.165) is 5.56 Å². The van der Waals surface area contributed by atoms with E-state index in [4.69, 9.17) is 4.74 Å². The average Bonchev–Trinajstić information content (AvgIpc) is 2.96. The number of hydrogen-bond donors (Lipinski definition) is 0. The molecule has 0 amide bonds. The van der Waals surface area contributed by atoms with Gasteiger partial charge in [-0.2, -0.15) is 4.31 Å². The number of aromatic nitrogens is 1. The van der Waals surface area contributed by atoms with Crippen LogP contribution in [0.1, 0.15) is 29.9 Å². The quantitative estimate of drug-likeness (QED) is 0.719. The van der Waals surface area contributed by atoms with Crippen LogP contribution >= 0.6 is 0 Å². The highest BCUT2D eigenvalue weighted by Gasteiger charge is 2.26. The zero-order chi connectivity index (χ0) is 17.7. The Labute approximate surface area is 142 Å². The van der Waals surface area contributed by atoms with Crippen LogP contribution in [0.25, 0.3) is 0 Å². The Morgan fingerprint density at radius 3 is 2.46 bits per heavy atom. The number of benzene rings is 1. The van der Waals surface area contributed by atoms with E-state index >= 15 is 0 Å². The Morgan fingerprint density at radius 1 is 1.21 bits per heavy atom. The van der Waals surface area contributed by atoms with Crippen molar-refractivity contribution in [2.75, 3.05) is 13.2 Å². The van der Waals surface area contributed by atoms with Gasteiger partial charge in [0, 0.05) is 26.3 Å². The number of ether oxygens (including phenoxy) is 1. The van der Waals surface area contributed by atoms with Crippen LogP contribution < -0.4 is 0 Å². The zero-order valence-electron chi connectivity index (χ0n) is 14.1. The minimum Gasteiger partial charge on any atom is -0.461 e. The van der Waals surface area contributed by atoms with Crippen LogP contribution in [0.15, 0.2) is 47.5 Å². The van der Waals surface area contributed by atoms with Gasteiger partial charge in [-0.15, -0.1) is 0 Å². The first-order valence-corrected chi connectivity index (χ1v) is 9.21. The van der Waals surface area contributed by atoms with E-state index in [1.807, 2.05) is 30.3 Å². The fourth-order valence-corrected chi connectivity index (χ4v) is 3.90. The standard InChI is InChI=1S/C17H22N2O4S/c1-4-19(12-14-9-7-6-8-10-14)24(21,22)15-11-16(18(3)13-15)17(20)23-5-2/h6-11,13H,4-5,12H2,1-3H3. The molecule has 0 N–H and O–H groups in total. The van der Waals surface area contributed by atoms with Crippen molar-refractivity contribution in [3.8, 4) is 0 Å². The summed E-state index contributed by atoms with van der Waals surface area (Å²) in [5.41, 5.74) is 1.12. The van der Waals surface area contributed by atoms with E-state index in [2.05, 4.69) is 0 Å². The molecule has 6 nitrogen and oxygen atoms in total. The number of carbonyl (C=O) groups is 1. The summed E-state index contributed by atoms with van der Waals surface area (Å²) in [6, 6.07) is 10.8. The van der Waals surface area contributed by atoms with Gasteiger partial charge in [0.15, 0.2) is 0 Å². The molecule has 1 aromatic carbocycles. The van der Waals surface area contributed by atoms with Crippen molar-refractivity contribution in [3.63, 3.8) is 0 Å². The zero-order valence-corrected chi connectivity index (χ0v) is 14.9. The van der Waals surface area contributed by atoms with Crippen LogP contribution in [0.2, 0.25) is 0 Å². The molecule has 0 saturated carbocycles. The van der Waals surface area contributed by atoms with Crippen LogP contribution in [0.5, 0.6) is 0 Å². The van der Waals surface area contributed by atoms with Gasteiger partial charge in [0.25, 0.3) is 0 Å². The average molecular weight is 350 g/mol. The number of nitrogens with zero attached hydrogens (tertiary/aromatic N) is 2. The topological polar surface area (TPSA) is 68.6 Å². The highest BCUT2D eigenvalue weighted by Crippen LogP contribution is 2.21. The lowest BCUT2D eigenvalue weighted by atomic mass is 10.2. The molecule has 2 rings (SSSR count). The van der Waals surface area contributed by atoms with E-state index in [1.54, 1.807) is 20.9 Å². The summed E-state index contributed by atoms with van der Waals surface area (Å²) < 4.78 is 33.6. The van der Waals surface area contributed by atoms with Gasteiger partial charge in [-0.05, 0) is 18.6 Å². The molecule has 0 spiro atoms. The minimum atomic E-state index is -3.69. The second kappa shape index (κ2) is 7.63. The van der Waals surface area contributed by atoms with Crippen molar-refractivity contribution < 1.29 is 17.9 Å². The number of rotatable bonds is 7. The maximum absolute atomic E-state index is 12.9. The van der Waals surface area contributed by atoms with Gasteiger partial charge in [0.05, 0.1) is 6.61 Å². The molecule has 7 heteroatoms. The Hall–Kier alpha value is -2.12. The van der Waals surface area contributed by atoms with Crippen molar-refractivity contribution >= 4 is 16.0 Å². The monoisotopic (exact) mass is 350 g/mol. The minimum absolute atomic E-state index is 0.0887. The molecule has 2 aromatic rings. The molecule has 0 aliphatic heterocycles. The molecule has 0 radical (unpaired) electrons. The highest BCUT2D eigenvalue weighted by atomic mass is 32.2. The molecular formula is C17H22N2O4S. The molecule has 0 saturated heterocycles. The molecule has 0 unspecified atom stereocenters. The molecular weight excluding hydrogens is 328 g/mol. The summed E-state index contributed by atoms with van der Waals surface area (Å²) in [6.07, 6.45) is 1.44. The van der Waals surface area contributed by atoms with Crippen LogP contribution in [-0.4, -0.2) is 36.4 Å². The first-order chi connectivity index (χ1) is 11.4. The Morgan fingerprint density at radius 2 is 1.88 bits per heavy atom. The molecule has 0 bridgehead atoms. The lowest BCUT2D eigenvalue weighted by Gasteiger charge is -2.19. The van der Waals surface area contributed by atoms with E-state index in [9.17, 15) is 13.2 Å². The van der Waals surface area contributed by atoms with Crippen molar-refractivity contribution in [2.45, 2.75) is 25.3 Å². The van der Waals surface area contributed by atoms with E-state index < -0.39 is 16.0 Å². The summed E-state index contributed by atoms with van der Waals surface area (Å²) in [5, 5.41) is 0. The van der Waals surface area contributed by atoms with Gasteiger partial charge in [0.1, 0.15) is 10.6 Å². The summed E-state index contributed by atoms with van der Waals surface area (Å²) >= 11 is 0. The summed E-state index contributed by atoms with van der Waals surface area (Å²) in [4.78, 5) is 12.0. The van der Waals surface area contributed by atoms with Crippen LogP contribution in [0.3, 0.4) is 0 Å². The summed E-state index contributed by atoms with van der Waals surface area (Å²) in [6.45, 7) is 4.35. The van der Waals surface area contributed by atoms with Gasteiger partial charge < -0.3 is 9.30 Å². The highest BCUT2D eigenvalue weighted by molar-refractivity contribution is 7.89.